The van der Waals surface area contributed by atoms with Gasteiger partial charge in [-0.15, -0.1) is 10.2 Å². The van der Waals surface area contributed by atoms with E-state index in [2.05, 4.69) is 29.3 Å². The van der Waals surface area contributed by atoms with Crippen LogP contribution in [0.3, 0.4) is 0 Å². The van der Waals surface area contributed by atoms with Gasteiger partial charge >= 0.3 is 0 Å². The first-order valence-corrected chi connectivity index (χ1v) is 7.70. The minimum Gasteiger partial charge on any atom is -0.292 e. The molecule has 1 heterocycles. The van der Waals surface area contributed by atoms with Crippen molar-refractivity contribution in [1.29, 1.82) is 0 Å². The number of carbonyl (C=O) groups is 1. The lowest BCUT2D eigenvalue weighted by atomic mass is 10.0. The fraction of sp³-hybridized carbons (Fsp3) is 0.222. The first-order valence-electron chi connectivity index (χ1n) is 7.70. The van der Waals surface area contributed by atoms with Crippen molar-refractivity contribution in [2.75, 3.05) is 0 Å². The topological polar surface area (TPSA) is 60.7 Å². The molecule has 0 aliphatic carbocycles. The maximum absolute atomic E-state index is 12.9. The second kappa shape index (κ2) is 6.70. The van der Waals surface area contributed by atoms with Crippen LogP contribution in [0.15, 0.2) is 48.5 Å². The number of halogens is 1. The molecule has 0 unspecified atom stereocenters. The van der Waals surface area contributed by atoms with E-state index in [1.807, 2.05) is 24.3 Å². The molecule has 122 valence electrons. The zero-order valence-electron chi connectivity index (χ0n) is 13.5. The second-order valence-electron chi connectivity index (χ2n) is 5.85. The third kappa shape index (κ3) is 3.53. The van der Waals surface area contributed by atoms with Gasteiger partial charge in [-0.1, -0.05) is 38.1 Å². The van der Waals surface area contributed by atoms with Gasteiger partial charge in [0.15, 0.2) is 5.78 Å². The molecule has 0 fully saturated rings. The second-order valence-corrected chi connectivity index (χ2v) is 5.85. The average molecular weight is 324 g/mol. The lowest BCUT2D eigenvalue weighted by Crippen LogP contribution is -2.13. The van der Waals surface area contributed by atoms with Gasteiger partial charge in [0.1, 0.15) is 12.4 Å². The van der Waals surface area contributed by atoms with Crippen LogP contribution in [0, 0.1) is 5.82 Å². The molecule has 3 aromatic rings. The predicted molar refractivity (Wildman–Crippen MR) is 88.1 cm³/mol. The van der Waals surface area contributed by atoms with Gasteiger partial charge in [-0.05, 0) is 41.0 Å². The fourth-order valence-corrected chi connectivity index (χ4v) is 2.30. The maximum Gasteiger partial charge on any atom is 0.204 e. The number of hydrogen-bond donors (Lipinski definition) is 0. The maximum atomic E-state index is 12.9. The summed E-state index contributed by atoms with van der Waals surface area (Å²) in [6, 6.07) is 13.3. The van der Waals surface area contributed by atoms with Gasteiger partial charge in [0.05, 0.1) is 0 Å². The molecule has 0 radical (unpaired) electrons. The van der Waals surface area contributed by atoms with Crippen molar-refractivity contribution in [3.05, 3.63) is 65.5 Å². The van der Waals surface area contributed by atoms with Gasteiger partial charge in [0.25, 0.3) is 0 Å². The van der Waals surface area contributed by atoms with E-state index in [-0.39, 0.29) is 18.1 Å². The molecular formula is C18H17FN4O. The Hall–Kier alpha value is -2.89. The summed E-state index contributed by atoms with van der Waals surface area (Å²) in [5.74, 6) is 0.363. The Morgan fingerprint density at radius 2 is 1.75 bits per heavy atom. The number of tetrazole rings is 1. The molecule has 24 heavy (non-hydrogen) atoms. The highest BCUT2D eigenvalue weighted by Crippen LogP contribution is 2.16. The Morgan fingerprint density at radius 3 is 2.38 bits per heavy atom. The van der Waals surface area contributed by atoms with E-state index in [4.69, 9.17) is 0 Å². The lowest BCUT2D eigenvalue weighted by molar-refractivity contribution is 0.0961. The van der Waals surface area contributed by atoms with Gasteiger partial charge < -0.3 is 0 Å². The number of aromatic nitrogens is 4. The Morgan fingerprint density at radius 1 is 1.08 bits per heavy atom. The van der Waals surface area contributed by atoms with Crippen LogP contribution in [0.25, 0.3) is 11.4 Å². The molecule has 0 spiro atoms. The number of ketones is 1. The SMILES string of the molecule is CC(C)c1ccc(C(=O)Cn2nnc(-c3ccc(F)cc3)n2)cc1. The van der Waals surface area contributed by atoms with Gasteiger partial charge in [-0.25, -0.2) is 4.39 Å². The molecule has 0 amide bonds. The number of carbonyl (C=O) groups excluding carboxylic acids is 1. The van der Waals surface area contributed by atoms with Crippen molar-refractivity contribution < 1.29 is 9.18 Å². The molecule has 0 aliphatic heterocycles. The highest BCUT2D eigenvalue weighted by molar-refractivity contribution is 5.95. The van der Waals surface area contributed by atoms with Crippen LogP contribution in [-0.4, -0.2) is 26.0 Å². The zero-order chi connectivity index (χ0) is 17.1. The van der Waals surface area contributed by atoms with Crippen LogP contribution in [0.5, 0.6) is 0 Å². The summed E-state index contributed by atoms with van der Waals surface area (Å²) in [6.07, 6.45) is 0. The van der Waals surface area contributed by atoms with Crippen LogP contribution >= 0.6 is 0 Å². The van der Waals surface area contributed by atoms with Crippen molar-refractivity contribution in [3.8, 4) is 11.4 Å². The number of hydrogen-bond acceptors (Lipinski definition) is 4. The summed E-state index contributed by atoms with van der Waals surface area (Å²) in [7, 11) is 0. The van der Waals surface area contributed by atoms with Crippen molar-refractivity contribution in [3.63, 3.8) is 0 Å². The Balaban J connectivity index is 1.72. The normalized spacial score (nSPS) is 11.0. The quantitative estimate of drug-likeness (QED) is 0.674. The Labute approximate surface area is 139 Å². The molecule has 0 atom stereocenters. The summed E-state index contributed by atoms with van der Waals surface area (Å²) >= 11 is 0. The van der Waals surface area contributed by atoms with Gasteiger partial charge in [0.2, 0.25) is 5.82 Å². The van der Waals surface area contributed by atoms with Gasteiger partial charge in [-0.3, -0.25) is 4.79 Å². The van der Waals surface area contributed by atoms with Crippen molar-refractivity contribution in [1.82, 2.24) is 20.2 Å². The Bertz CT molecular complexity index is 838. The molecule has 0 saturated heterocycles. The molecule has 5 nitrogen and oxygen atoms in total. The Kier molecular flexibility index (Phi) is 4.46. The molecule has 0 saturated carbocycles. The van der Waals surface area contributed by atoms with E-state index in [1.54, 1.807) is 12.1 Å². The third-order valence-corrected chi connectivity index (χ3v) is 3.74. The third-order valence-electron chi connectivity index (χ3n) is 3.74. The van der Waals surface area contributed by atoms with Crippen LogP contribution in [0.4, 0.5) is 4.39 Å². The van der Waals surface area contributed by atoms with Crippen LogP contribution < -0.4 is 0 Å². The predicted octanol–water partition coefficient (Wildman–Crippen LogP) is 3.49. The molecule has 3 rings (SSSR count). The number of rotatable bonds is 5. The van der Waals surface area contributed by atoms with Crippen LogP contribution in [-0.2, 0) is 6.54 Å². The van der Waals surface area contributed by atoms with Crippen LogP contribution in [0.1, 0.15) is 35.7 Å². The summed E-state index contributed by atoms with van der Waals surface area (Å²) in [5.41, 5.74) is 2.44. The van der Waals surface area contributed by atoms with E-state index < -0.39 is 0 Å². The molecule has 0 bridgehead atoms. The molecule has 6 heteroatoms. The molecular weight excluding hydrogens is 307 g/mol. The van der Waals surface area contributed by atoms with E-state index >= 15 is 0 Å². The summed E-state index contributed by atoms with van der Waals surface area (Å²) in [5, 5.41) is 12.0. The summed E-state index contributed by atoms with van der Waals surface area (Å²) < 4.78 is 12.9. The first-order chi connectivity index (χ1) is 11.5. The minimum atomic E-state index is -0.328. The van der Waals surface area contributed by atoms with E-state index in [0.29, 0.717) is 22.9 Å². The van der Waals surface area contributed by atoms with Gasteiger partial charge in [0, 0.05) is 11.1 Å². The molecule has 1 aromatic heterocycles. The zero-order valence-corrected chi connectivity index (χ0v) is 13.5. The molecule has 0 aliphatic rings. The van der Waals surface area contributed by atoms with Crippen molar-refractivity contribution in [2.45, 2.75) is 26.3 Å². The fourth-order valence-electron chi connectivity index (χ4n) is 2.30. The molecule has 2 aromatic carbocycles. The summed E-state index contributed by atoms with van der Waals surface area (Å²) in [4.78, 5) is 13.6. The first kappa shape index (κ1) is 16.0. The largest absolute Gasteiger partial charge is 0.292 e. The smallest absolute Gasteiger partial charge is 0.204 e. The number of benzene rings is 2. The van der Waals surface area contributed by atoms with Gasteiger partial charge in [-0.2, -0.15) is 4.80 Å². The average Bonchev–Trinajstić information content (AvgIpc) is 3.04. The molecule has 0 N–H and O–H groups in total. The van der Waals surface area contributed by atoms with Crippen LogP contribution in [0.2, 0.25) is 0 Å². The van der Waals surface area contributed by atoms with E-state index in [9.17, 15) is 9.18 Å². The number of nitrogens with zero attached hydrogens (tertiary/aromatic N) is 4. The highest BCUT2D eigenvalue weighted by atomic mass is 19.1. The minimum absolute atomic E-state index is 0.00915. The van der Waals surface area contributed by atoms with Crippen molar-refractivity contribution in [2.24, 2.45) is 0 Å². The highest BCUT2D eigenvalue weighted by Gasteiger charge is 2.11. The standard InChI is InChI=1S/C18H17FN4O/c1-12(2)13-3-5-14(6-4-13)17(24)11-23-21-18(20-22-23)15-7-9-16(19)10-8-15/h3-10,12H,11H2,1-2H3. The van der Waals surface area contributed by atoms with Crippen molar-refractivity contribution >= 4 is 5.78 Å². The number of Topliss-reactive ketones (excluding diaryl/α,β-unsaturated/α-hetero) is 1. The lowest BCUT2D eigenvalue weighted by Gasteiger charge is -2.06. The monoisotopic (exact) mass is 324 g/mol. The summed E-state index contributed by atoms with van der Waals surface area (Å²) in [6.45, 7) is 4.22. The van der Waals surface area contributed by atoms with E-state index in [1.165, 1.54) is 22.5 Å². The van der Waals surface area contributed by atoms with E-state index in [0.717, 1.165) is 0 Å².